The maximum Gasteiger partial charge on any atom is 0.141 e. The van der Waals surface area contributed by atoms with Crippen LogP contribution in [-0.4, -0.2) is 42.0 Å². The van der Waals surface area contributed by atoms with Gasteiger partial charge in [0.25, 0.3) is 0 Å². The SMILES string of the molecule is CC(c1ccc(F)c(Cl)c1)N1CCN(C2CCCC2)CC1. The number of hydrogen-bond acceptors (Lipinski definition) is 2. The van der Waals surface area contributed by atoms with Gasteiger partial charge < -0.3 is 0 Å². The summed E-state index contributed by atoms with van der Waals surface area (Å²) >= 11 is 5.90. The van der Waals surface area contributed by atoms with Crippen LogP contribution in [0.2, 0.25) is 5.02 Å². The fraction of sp³-hybridized carbons (Fsp3) is 0.647. The van der Waals surface area contributed by atoms with Gasteiger partial charge in [0, 0.05) is 38.3 Å². The molecule has 2 fully saturated rings. The van der Waals surface area contributed by atoms with E-state index in [4.69, 9.17) is 11.6 Å². The predicted molar refractivity (Wildman–Crippen MR) is 85.2 cm³/mol. The Labute approximate surface area is 131 Å². The van der Waals surface area contributed by atoms with Crippen molar-refractivity contribution in [2.45, 2.75) is 44.7 Å². The standard InChI is InChI=1S/C17H24ClFN2/c1-13(14-6-7-17(19)16(18)12-14)20-8-10-21(11-9-20)15-4-2-3-5-15/h6-7,12-13,15H,2-5,8-11H2,1H3. The Morgan fingerprint density at radius 1 is 1.14 bits per heavy atom. The van der Waals surface area contributed by atoms with Crippen molar-refractivity contribution in [2.24, 2.45) is 0 Å². The molecule has 0 bridgehead atoms. The van der Waals surface area contributed by atoms with Crippen molar-refractivity contribution in [3.8, 4) is 0 Å². The van der Waals surface area contributed by atoms with Gasteiger partial charge in [-0.15, -0.1) is 0 Å². The van der Waals surface area contributed by atoms with Crippen molar-refractivity contribution in [3.63, 3.8) is 0 Å². The molecular weight excluding hydrogens is 287 g/mol. The topological polar surface area (TPSA) is 6.48 Å². The molecule has 1 saturated carbocycles. The van der Waals surface area contributed by atoms with Gasteiger partial charge in [0.05, 0.1) is 5.02 Å². The summed E-state index contributed by atoms with van der Waals surface area (Å²) in [5.74, 6) is -0.335. The van der Waals surface area contributed by atoms with Gasteiger partial charge in [-0.1, -0.05) is 30.5 Å². The molecule has 2 nitrogen and oxygen atoms in total. The summed E-state index contributed by atoms with van der Waals surface area (Å²) in [6, 6.07) is 6.22. The summed E-state index contributed by atoms with van der Waals surface area (Å²) in [7, 11) is 0. The third-order valence-corrected chi connectivity index (χ3v) is 5.45. The summed E-state index contributed by atoms with van der Waals surface area (Å²) < 4.78 is 13.3. The maximum absolute atomic E-state index is 13.3. The van der Waals surface area contributed by atoms with Crippen LogP contribution in [0.5, 0.6) is 0 Å². The summed E-state index contributed by atoms with van der Waals surface area (Å²) in [5, 5.41) is 0.226. The van der Waals surface area contributed by atoms with Crippen molar-refractivity contribution in [2.75, 3.05) is 26.2 Å². The highest BCUT2D eigenvalue weighted by molar-refractivity contribution is 6.30. The van der Waals surface area contributed by atoms with Crippen LogP contribution < -0.4 is 0 Å². The quantitative estimate of drug-likeness (QED) is 0.829. The van der Waals surface area contributed by atoms with Crippen molar-refractivity contribution >= 4 is 11.6 Å². The molecule has 116 valence electrons. The molecule has 1 atom stereocenters. The summed E-state index contributed by atoms with van der Waals surface area (Å²) in [5.41, 5.74) is 1.11. The van der Waals surface area contributed by atoms with E-state index in [9.17, 15) is 4.39 Å². The molecule has 0 N–H and O–H groups in total. The lowest BCUT2D eigenvalue weighted by molar-refractivity contribution is 0.0750. The highest BCUT2D eigenvalue weighted by Crippen LogP contribution is 2.28. The molecule has 1 unspecified atom stereocenters. The van der Waals surface area contributed by atoms with Gasteiger partial charge in [-0.2, -0.15) is 0 Å². The van der Waals surface area contributed by atoms with Gasteiger partial charge >= 0.3 is 0 Å². The van der Waals surface area contributed by atoms with Gasteiger partial charge in [-0.3, -0.25) is 9.80 Å². The van der Waals surface area contributed by atoms with Crippen LogP contribution in [0.15, 0.2) is 18.2 Å². The number of piperazine rings is 1. The van der Waals surface area contributed by atoms with E-state index in [1.165, 1.54) is 31.7 Å². The first-order valence-electron chi connectivity index (χ1n) is 8.08. The third-order valence-electron chi connectivity index (χ3n) is 5.16. The minimum absolute atomic E-state index is 0.226. The van der Waals surface area contributed by atoms with Crippen LogP contribution in [-0.2, 0) is 0 Å². The van der Waals surface area contributed by atoms with Crippen LogP contribution in [0, 0.1) is 5.82 Å². The first-order chi connectivity index (χ1) is 10.1. The minimum Gasteiger partial charge on any atom is -0.298 e. The second-order valence-electron chi connectivity index (χ2n) is 6.36. The Morgan fingerprint density at radius 2 is 1.81 bits per heavy atom. The zero-order chi connectivity index (χ0) is 14.8. The molecule has 0 spiro atoms. The zero-order valence-corrected chi connectivity index (χ0v) is 13.4. The first-order valence-corrected chi connectivity index (χ1v) is 8.46. The minimum atomic E-state index is -0.335. The lowest BCUT2D eigenvalue weighted by Gasteiger charge is -2.40. The van der Waals surface area contributed by atoms with E-state index >= 15 is 0 Å². The Morgan fingerprint density at radius 3 is 2.43 bits per heavy atom. The first kappa shape index (κ1) is 15.3. The molecule has 3 rings (SSSR count). The van der Waals surface area contributed by atoms with Crippen molar-refractivity contribution in [1.82, 2.24) is 9.80 Å². The summed E-state index contributed by atoms with van der Waals surface area (Å²) in [4.78, 5) is 5.14. The fourth-order valence-corrected chi connectivity index (χ4v) is 3.93. The average Bonchev–Trinajstić information content (AvgIpc) is 3.04. The van der Waals surface area contributed by atoms with E-state index in [1.54, 1.807) is 6.07 Å². The van der Waals surface area contributed by atoms with Crippen molar-refractivity contribution < 1.29 is 4.39 Å². The Kier molecular flexibility index (Phi) is 4.82. The molecule has 2 aliphatic rings. The number of hydrogen-bond donors (Lipinski definition) is 0. The van der Waals surface area contributed by atoms with Crippen LogP contribution in [0.1, 0.15) is 44.2 Å². The third kappa shape index (κ3) is 3.41. The average molecular weight is 311 g/mol. The van der Waals surface area contributed by atoms with E-state index in [0.717, 1.165) is 37.8 Å². The molecule has 1 aliphatic heterocycles. The van der Waals surface area contributed by atoms with E-state index in [0.29, 0.717) is 6.04 Å². The number of halogens is 2. The van der Waals surface area contributed by atoms with Gasteiger partial charge in [0.2, 0.25) is 0 Å². The number of rotatable bonds is 3. The molecule has 0 aromatic heterocycles. The Bertz CT molecular complexity index is 480. The molecule has 1 aromatic carbocycles. The molecule has 1 aromatic rings. The molecule has 0 radical (unpaired) electrons. The highest BCUT2D eigenvalue weighted by Gasteiger charge is 2.28. The van der Waals surface area contributed by atoms with Crippen molar-refractivity contribution in [3.05, 3.63) is 34.6 Å². The highest BCUT2D eigenvalue weighted by atomic mass is 35.5. The van der Waals surface area contributed by atoms with Crippen LogP contribution in [0.4, 0.5) is 4.39 Å². The smallest absolute Gasteiger partial charge is 0.141 e. The second kappa shape index (κ2) is 6.64. The van der Waals surface area contributed by atoms with Gasteiger partial charge in [-0.25, -0.2) is 4.39 Å². The molecule has 4 heteroatoms. The monoisotopic (exact) mass is 310 g/mol. The number of benzene rings is 1. The predicted octanol–water partition coefficient (Wildman–Crippen LogP) is 4.10. The van der Waals surface area contributed by atoms with Crippen LogP contribution in [0.3, 0.4) is 0 Å². The largest absolute Gasteiger partial charge is 0.298 e. The van der Waals surface area contributed by atoms with Crippen molar-refractivity contribution in [1.29, 1.82) is 0 Å². The lowest BCUT2D eigenvalue weighted by atomic mass is 10.1. The summed E-state index contributed by atoms with van der Waals surface area (Å²) in [6.45, 7) is 6.68. The van der Waals surface area contributed by atoms with Crippen LogP contribution in [0.25, 0.3) is 0 Å². The van der Waals surface area contributed by atoms with Gasteiger partial charge in [-0.05, 0) is 37.5 Å². The molecule has 1 heterocycles. The van der Waals surface area contributed by atoms with E-state index in [2.05, 4.69) is 16.7 Å². The molecule has 0 amide bonds. The Balaban J connectivity index is 1.59. The molecule has 21 heavy (non-hydrogen) atoms. The maximum atomic E-state index is 13.3. The fourth-order valence-electron chi connectivity index (χ4n) is 3.74. The van der Waals surface area contributed by atoms with E-state index < -0.39 is 0 Å². The zero-order valence-electron chi connectivity index (χ0n) is 12.7. The lowest BCUT2D eigenvalue weighted by Crippen LogP contribution is -2.50. The van der Waals surface area contributed by atoms with E-state index in [-0.39, 0.29) is 10.8 Å². The molecule has 1 aliphatic carbocycles. The van der Waals surface area contributed by atoms with Gasteiger partial charge in [0.15, 0.2) is 0 Å². The summed E-state index contributed by atoms with van der Waals surface area (Å²) in [6.07, 6.45) is 5.55. The Hall–Kier alpha value is -0.640. The normalized spacial score (nSPS) is 23.6. The molecule has 1 saturated heterocycles. The van der Waals surface area contributed by atoms with E-state index in [1.807, 2.05) is 6.07 Å². The molecular formula is C17H24ClFN2. The van der Waals surface area contributed by atoms with Crippen LogP contribution >= 0.6 is 11.6 Å². The second-order valence-corrected chi connectivity index (χ2v) is 6.77. The number of nitrogens with zero attached hydrogens (tertiary/aromatic N) is 2. The van der Waals surface area contributed by atoms with Gasteiger partial charge in [0.1, 0.15) is 5.82 Å².